The van der Waals surface area contributed by atoms with Crippen LogP contribution in [0.15, 0.2) is 36.4 Å². The van der Waals surface area contributed by atoms with Crippen molar-refractivity contribution >= 4 is 17.9 Å². The van der Waals surface area contributed by atoms with Gasteiger partial charge in [0, 0.05) is 17.2 Å². The van der Waals surface area contributed by atoms with E-state index < -0.39 is 23.5 Å². The van der Waals surface area contributed by atoms with E-state index >= 15 is 0 Å². The van der Waals surface area contributed by atoms with Crippen molar-refractivity contribution < 1.29 is 28.7 Å². The molecule has 28 heavy (non-hydrogen) atoms. The zero-order valence-corrected chi connectivity index (χ0v) is 15.6. The third-order valence-electron chi connectivity index (χ3n) is 3.96. The van der Waals surface area contributed by atoms with E-state index in [0.29, 0.717) is 23.3 Å². The fraction of sp³-hybridized carbons (Fsp3) is 0.263. The highest BCUT2D eigenvalue weighted by Crippen LogP contribution is 2.30. The lowest BCUT2D eigenvalue weighted by molar-refractivity contribution is -0.385. The highest BCUT2D eigenvalue weighted by atomic mass is 16.6. The summed E-state index contributed by atoms with van der Waals surface area (Å²) in [6, 6.07) is 8.53. The number of carbonyl (C=O) groups is 2. The first-order valence-corrected chi connectivity index (χ1v) is 8.27. The molecule has 0 aliphatic carbocycles. The molecule has 0 fully saturated rings. The molecule has 2 rings (SSSR count). The van der Waals surface area contributed by atoms with Gasteiger partial charge in [0.2, 0.25) is 0 Å². The van der Waals surface area contributed by atoms with Crippen molar-refractivity contribution in [1.82, 2.24) is 5.32 Å². The summed E-state index contributed by atoms with van der Waals surface area (Å²) in [4.78, 5) is 33.4. The summed E-state index contributed by atoms with van der Waals surface area (Å²) in [5, 5.41) is 13.8. The van der Waals surface area contributed by atoms with Gasteiger partial charge < -0.3 is 19.5 Å². The quantitative estimate of drug-likeness (QED) is 0.399. The molecule has 0 unspecified atom stereocenters. The van der Waals surface area contributed by atoms with Crippen molar-refractivity contribution in [2.24, 2.45) is 0 Å². The molecule has 0 aromatic heterocycles. The monoisotopic (exact) mass is 388 g/mol. The van der Waals surface area contributed by atoms with Crippen LogP contribution in [0.2, 0.25) is 0 Å². The van der Waals surface area contributed by atoms with Crippen LogP contribution in [-0.2, 0) is 4.79 Å². The summed E-state index contributed by atoms with van der Waals surface area (Å²) in [7, 11) is 3.05. The molecule has 0 aliphatic heterocycles. The first-order chi connectivity index (χ1) is 13.4. The van der Waals surface area contributed by atoms with Crippen molar-refractivity contribution in [3.05, 3.63) is 57.6 Å². The van der Waals surface area contributed by atoms with E-state index in [1.54, 1.807) is 25.1 Å². The lowest BCUT2D eigenvalue weighted by atomic mass is 10.1. The standard InChI is InChI=1S/C19H20N2O7/c1-12(15-9-14(26-2)5-7-17(15)27-3)20-19(23)11-28-18-6-4-13(10-22)8-16(18)21(24)25/h4-10,12H,11H2,1-3H3,(H,20,23)/t12-/m0/s1. The largest absolute Gasteiger partial charge is 0.497 e. The molecule has 2 aromatic carbocycles. The van der Waals surface area contributed by atoms with Gasteiger partial charge in [-0.05, 0) is 37.3 Å². The third kappa shape index (κ3) is 4.97. The fourth-order valence-electron chi connectivity index (χ4n) is 2.55. The zero-order chi connectivity index (χ0) is 20.7. The van der Waals surface area contributed by atoms with Gasteiger partial charge in [-0.1, -0.05) is 0 Å². The number of nitrogens with zero attached hydrogens (tertiary/aromatic N) is 1. The van der Waals surface area contributed by atoms with Crippen LogP contribution < -0.4 is 19.5 Å². The normalized spacial score (nSPS) is 11.2. The van der Waals surface area contributed by atoms with Crippen molar-refractivity contribution in [1.29, 1.82) is 0 Å². The topological polar surface area (TPSA) is 117 Å². The molecule has 0 aliphatic rings. The maximum Gasteiger partial charge on any atom is 0.311 e. The number of ether oxygens (including phenoxy) is 3. The zero-order valence-electron chi connectivity index (χ0n) is 15.6. The highest BCUT2D eigenvalue weighted by molar-refractivity contribution is 5.79. The average Bonchev–Trinajstić information content (AvgIpc) is 2.71. The second kappa shape index (κ2) is 9.36. The van der Waals surface area contributed by atoms with Gasteiger partial charge in [0.1, 0.15) is 17.8 Å². The minimum absolute atomic E-state index is 0.0997. The maximum absolute atomic E-state index is 12.2. The fourth-order valence-corrected chi connectivity index (χ4v) is 2.55. The molecule has 2 aromatic rings. The SMILES string of the molecule is COc1ccc(OC)c([C@H](C)NC(=O)COc2ccc(C=O)cc2[N+](=O)[O-])c1. The lowest BCUT2D eigenvalue weighted by Crippen LogP contribution is -2.31. The Morgan fingerprint density at radius 1 is 1.18 bits per heavy atom. The van der Waals surface area contributed by atoms with Gasteiger partial charge in [-0.2, -0.15) is 0 Å². The van der Waals surface area contributed by atoms with E-state index in [9.17, 15) is 19.7 Å². The molecule has 0 spiro atoms. The molecule has 1 atom stereocenters. The minimum atomic E-state index is -0.677. The summed E-state index contributed by atoms with van der Waals surface area (Å²) in [5.41, 5.74) is 0.457. The number of carbonyl (C=O) groups excluding carboxylic acids is 2. The molecular formula is C19H20N2O7. The van der Waals surface area contributed by atoms with Gasteiger partial charge in [-0.3, -0.25) is 19.7 Å². The summed E-state index contributed by atoms with van der Waals surface area (Å²) in [6.07, 6.45) is 0.493. The predicted molar refractivity (Wildman–Crippen MR) is 100 cm³/mol. The Morgan fingerprint density at radius 3 is 2.50 bits per heavy atom. The van der Waals surface area contributed by atoms with Crippen LogP contribution in [0.3, 0.4) is 0 Å². The number of hydrogen-bond acceptors (Lipinski definition) is 7. The lowest BCUT2D eigenvalue weighted by Gasteiger charge is -2.18. The van der Waals surface area contributed by atoms with E-state index in [1.807, 2.05) is 0 Å². The Balaban J connectivity index is 2.07. The first kappa shape index (κ1) is 20.7. The van der Waals surface area contributed by atoms with Crippen molar-refractivity contribution in [2.45, 2.75) is 13.0 Å². The number of rotatable bonds is 9. The van der Waals surface area contributed by atoms with E-state index in [1.165, 1.54) is 26.4 Å². The molecule has 0 bridgehead atoms. The van der Waals surface area contributed by atoms with Crippen LogP contribution in [0.4, 0.5) is 5.69 Å². The van der Waals surface area contributed by atoms with Gasteiger partial charge in [-0.25, -0.2) is 0 Å². The van der Waals surface area contributed by atoms with E-state index in [-0.39, 0.29) is 17.0 Å². The van der Waals surface area contributed by atoms with Crippen molar-refractivity contribution in [2.75, 3.05) is 20.8 Å². The van der Waals surface area contributed by atoms with Gasteiger partial charge in [0.25, 0.3) is 5.91 Å². The van der Waals surface area contributed by atoms with Gasteiger partial charge in [0.05, 0.1) is 25.2 Å². The van der Waals surface area contributed by atoms with Crippen molar-refractivity contribution in [3.63, 3.8) is 0 Å². The molecular weight excluding hydrogens is 368 g/mol. The van der Waals surface area contributed by atoms with E-state index in [0.717, 1.165) is 6.07 Å². The second-order valence-electron chi connectivity index (χ2n) is 5.79. The van der Waals surface area contributed by atoms with Crippen LogP contribution in [-0.4, -0.2) is 37.9 Å². The Bertz CT molecular complexity index is 883. The summed E-state index contributed by atoms with van der Waals surface area (Å²) in [5.74, 6) is 0.608. The van der Waals surface area contributed by atoms with Crippen LogP contribution in [0, 0.1) is 10.1 Å². The molecule has 0 heterocycles. The number of nitrogens with one attached hydrogen (secondary N) is 1. The average molecular weight is 388 g/mol. The van der Waals surface area contributed by atoms with Gasteiger partial charge >= 0.3 is 5.69 Å². The summed E-state index contributed by atoms with van der Waals surface area (Å²) >= 11 is 0. The Labute approximate surface area is 161 Å². The molecule has 0 saturated heterocycles. The van der Waals surface area contributed by atoms with Crippen LogP contribution >= 0.6 is 0 Å². The molecule has 1 N–H and O–H groups in total. The Morgan fingerprint density at radius 2 is 1.89 bits per heavy atom. The Kier molecular flexibility index (Phi) is 6.91. The Hall–Kier alpha value is -3.62. The molecule has 148 valence electrons. The van der Waals surface area contributed by atoms with Crippen LogP contribution in [0.1, 0.15) is 28.9 Å². The minimum Gasteiger partial charge on any atom is -0.497 e. The number of methoxy groups -OCH3 is 2. The summed E-state index contributed by atoms with van der Waals surface area (Å²) in [6.45, 7) is 1.33. The third-order valence-corrected chi connectivity index (χ3v) is 3.96. The number of aldehydes is 1. The van der Waals surface area contributed by atoms with Gasteiger partial charge in [0.15, 0.2) is 12.4 Å². The predicted octanol–water partition coefficient (Wildman–Crippen LogP) is 2.68. The number of nitro benzene ring substituents is 1. The van der Waals surface area contributed by atoms with Crippen LogP contribution in [0.5, 0.6) is 17.2 Å². The van der Waals surface area contributed by atoms with Gasteiger partial charge in [-0.15, -0.1) is 0 Å². The number of nitro groups is 1. The molecule has 9 nitrogen and oxygen atoms in total. The number of benzene rings is 2. The molecule has 0 radical (unpaired) electrons. The molecule has 1 amide bonds. The first-order valence-electron chi connectivity index (χ1n) is 8.27. The summed E-state index contributed by atoms with van der Waals surface area (Å²) < 4.78 is 15.8. The smallest absolute Gasteiger partial charge is 0.311 e. The van der Waals surface area contributed by atoms with E-state index in [2.05, 4.69) is 5.32 Å². The van der Waals surface area contributed by atoms with Crippen molar-refractivity contribution in [3.8, 4) is 17.2 Å². The second-order valence-corrected chi connectivity index (χ2v) is 5.79. The van der Waals surface area contributed by atoms with E-state index in [4.69, 9.17) is 14.2 Å². The number of amides is 1. The van der Waals surface area contributed by atoms with Crippen LogP contribution in [0.25, 0.3) is 0 Å². The molecule has 9 heteroatoms. The number of hydrogen-bond donors (Lipinski definition) is 1. The highest BCUT2D eigenvalue weighted by Gasteiger charge is 2.19. The molecule has 0 saturated carbocycles. The maximum atomic E-state index is 12.2.